The van der Waals surface area contributed by atoms with Crippen LogP contribution in [-0.2, 0) is 9.53 Å². The second-order valence-corrected chi connectivity index (χ2v) is 8.56. The van der Waals surface area contributed by atoms with E-state index in [0.717, 1.165) is 16.0 Å². The summed E-state index contributed by atoms with van der Waals surface area (Å²) in [6.45, 7) is 10.9. The van der Waals surface area contributed by atoms with Gasteiger partial charge in [0.25, 0.3) is 17.7 Å². The fourth-order valence-corrected chi connectivity index (χ4v) is 4.00. The Hall–Kier alpha value is -3.48. The maximum Gasteiger partial charge on any atom is 0.338 e. The van der Waals surface area contributed by atoms with Gasteiger partial charge in [0.1, 0.15) is 0 Å². The van der Waals surface area contributed by atoms with E-state index in [-0.39, 0.29) is 34.7 Å². The monoisotopic (exact) mass is 436 g/mol. The Morgan fingerprint density at radius 3 is 2.16 bits per heavy atom. The lowest BCUT2D eigenvalue weighted by Crippen LogP contribution is -2.44. The fourth-order valence-electron chi connectivity index (χ4n) is 4.00. The second kappa shape index (κ2) is 8.94. The van der Waals surface area contributed by atoms with Gasteiger partial charge in [-0.3, -0.25) is 14.4 Å². The number of hydrogen-bond donors (Lipinski definition) is 0. The van der Waals surface area contributed by atoms with E-state index in [4.69, 9.17) is 4.74 Å². The molecule has 0 saturated heterocycles. The number of benzene rings is 2. The smallest absolute Gasteiger partial charge is 0.338 e. The summed E-state index contributed by atoms with van der Waals surface area (Å²) in [6, 6.07) is 9.74. The van der Waals surface area contributed by atoms with E-state index in [2.05, 4.69) is 0 Å². The first-order valence-corrected chi connectivity index (χ1v) is 10.6. The zero-order valence-electron chi connectivity index (χ0n) is 19.3. The molecule has 1 heterocycles. The van der Waals surface area contributed by atoms with Gasteiger partial charge < -0.3 is 9.64 Å². The summed E-state index contributed by atoms with van der Waals surface area (Å²) in [6.07, 6.45) is 0. The van der Waals surface area contributed by atoms with Crippen molar-refractivity contribution in [3.05, 3.63) is 64.2 Å². The summed E-state index contributed by atoms with van der Waals surface area (Å²) in [5.74, 6) is -1.94. The highest BCUT2D eigenvalue weighted by Crippen LogP contribution is 2.31. The van der Waals surface area contributed by atoms with Crippen molar-refractivity contribution in [2.75, 3.05) is 11.5 Å². The molecular weight excluding hydrogens is 408 g/mol. The fraction of sp³-hybridized carbons (Fsp3) is 0.360. The van der Waals surface area contributed by atoms with Crippen LogP contribution in [0.5, 0.6) is 0 Å². The van der Waals surface area contributed by atoms with E-state index in [1.54, 1.807) is 11.0 Å². The highest BCUT2D eigenvalue weighted by molar-refractivity contribution is 6.35. The molecule has 32 heavy (non-hydrogen) atoms. The van der Waals surface area contributed by atoms with Crippen LogP contribution < -0.4 is 4.90 Å². The molecule has 3 amide bonds. The van der Waals surface area contributed by atoms with E-state index in [9.17, 15) is 19.2 Å². The van der Waals surface area contributed by atoms with Crippen LogP contribution in [0.4, 0.5) is 5.69 Å². The van der Waals surface area contributed by atoms with E-state index < -0.39 is 24.4 Å². The molecule has 0 aromatic heterocycles. The number of imide groups is 1. The van der Waals surface area contributed by atoms with Crippen LogP contribution in [0.1, 0.15) is 69.9 Å². The highest BCUT2D eigenvalue weighted by Gasteiger charge is 2.38. The van der Waals surface area contributed by atoms with Crippen molar-refractivity contribution in [3.63, 3.8) is 0 Å². The van der Waals surface area contributed by atoms with Gasteiger partial charge in [0, 0.05) is 12.1 Å². The Bertz CT molecular complexity index is 1100. The Kier molecular flexibility index (Phi) is 6.48. The SMILES string of the molecule is Cc1ccc(C)c(N2C(=O)c3ccc(C(=O)OCC(=O)N(C(C)C)C(C)C)cc3C2=O)c1. The van der Waals surface area contributed by atoms with Crippen molar-refractivity contribution in [3.8, 4) is 0 Å². The van der Waals surface area contributed by atoms with E-state index in [0.29, 0.717) is 5.69 Å². The van der Waals surface area contributed by atoms with Crippen LogP contribution in [0.25, 0.3) is 0 Å². The summed E-state index contributed by atoms with van der Waals surface area (Å²) < 4.78 is 5.20. The lowest BCUT2D eigenvalue weighted by Gasteiger charge is -2.30. The maximum atomic E-state index is 13.0. The number of carbonyl (C=O) groups is 4. The molecule has 0 N–H and O–H groups in total. The molecule has 0 aliphatic carbocycles. The van der Waals surface area contributed by atoms with Crippen molar-refractivity contribution < 1.29 is 23.9 Å². The molecule has 0 radical (unpaired) electrons. The molecule has 168 valence electrons. The molecule has 0 atom stereocenters. The number of aryl methyl sites for hydroxylation is 2. The van der Waals surface area contributed by atoms with Gasteiger partial charge in [-0.2, -0.15) is 0 Å². The summed E-state index contributed by atoms with van der Waals surface area (Å²) in [5.41, 5.74) is 2.72. The lowest BCUT2D eigenvalue weighted by atomic mass is 10.1. The molecule has 0 fully saturated rings. The quantitative estimate of drug-likeness (QED) is 0.506. The average molecular weight is 437 g/mol. The first-order chi connectivity index (χ1) is 15.0. The molecule has 0 saturated carbocycles. The van der Waals surface area contributed by atoms with Gasteiger partial charge in [-0.05, 0) is 76.9 Å². The van der Waals surface area contributed by atoms with Crippen molar-refractivity contribution in [1.82, 2.24) is 4.90 Å². The first kappa shape index (κ1) is 23.2. The number of ether oxygens (including phenoxy) is 1. The summed E-state index contributed by atoms with van der Waals surface area (Å²) in [7, 11) is 0. The third kappa shape index (κ3) is 4.28. The third-order valence-electron chi connectivity index (χ3n) is 5.46. The zero-order chi connectivity index (χ0) is 23.7. The molecule has 0 unspecified atom stereocenters. The summed E-state index contributed by atoms with van der Waals surface area (Å²) in [4.78, 5) is 53.7. The van der Waals surface area contributed by atoms with Gasteiger partial charge in [-0.25, -0.2) is 9.69 Å². The number of rotatable bonds is 6. The standard InChI is InChI=1S/C25H28N2O5/c1-14(2)26(15(3)4)22(28)13-32-25(31)18-9-10-19-20(12-18)24(30)27(23(19)29)21-11-16(5)7-8-17(21)6/h7-12,14-15H,13H2,1-6H3. The molecule has 3 rings (SSSR count). The van der Waals surface area contributed by atoms with Gasteiger partial charge in [0.15, 0.2) is 6.61 Å². The molecule has 1 aliphatic rings. The van der Waals surface area contributed by atoms with Gasteiger partial charge >= 0.3 is 5.97 Å². The number of amides is 3. The van der Waals surface area contributed by atoms with Crippen LogP contribution >= 0.6 is 0 Å². The highest BCUT2D eigenvalue weighted by atomic mass is 16.5. The maximum absolute atomic E-state index is 13.0. The van der Waals surface area contributed by atoms with Gasteiger partial charge in [-0.1, -0.05) is 12.1 Å². The van der Waals surface area contributed by atoms with Gasteiger partial charge in [0.05, 0.1) is 22.4 Å². The summed E-state index contributed by atoms with van der Waals surface area (Å²) >= 11 is 0. The Balaban J connectivity index is 1.80. The van der Waals surface area contributed by atoms with Crippen LogP contribution in [0, 0.1) is 13.8 Å². The number of fused-ring (bicyclic) bond motifs is 1. The minimum Gasteiger partial charge on any atom is -0.452 e. The molecule has 2 aromatic carbocycles. The Labute approximate surface area is 188 Å². The van der Waals surface area contributed by atoms with E-state index >= 15 is 0 Å². The topological polar surface area (TPSA) is 84.0 Å². The lowest BCUT2D eigenvalue weighted by molar-refractivity contribution is -0.138. The van der Waals surface area contributed by atoms with Crippen LogP contribution in [0.15, 0.2) is 36.4 Å². The third-order valence-corrected chi connectivity index (χ3v) is 5.46. The minimum absolute atomic E-state index is 0.0270. The van der Waals surface area contributed by atoms with Crippen molar-refractivity contribution in [2.45, 2.75) is 53.6 Å². The molecule has 2 aromatic rings. The summed E-state index contributed by atoms with van der Waals surface area (Å²) in [5, 5.41) is 0. The zero-order valence-corrected chi connectivity index (χ0v) is 19.3. The molecule has 0 bridgehead atoms. The molecular formula is C25H28N2O5. The number of carbonyl (C=O) groups excluding carboxylic acids is 4. The van der Waals surface area contributed by atoms with Crippen molar-refractivity contribution in [1.29, 1.82) is 0 Å². The van der Waals surface area contributed by atoms with Crippen molar-refractivity contribution in [2.24, 2.45) is 0 Å². The predicted octanol–water partition coefficient (Wildman–Crippen LogP) is 3.91. The number of anilines is 1. The van der Waals surface area contributed by atoms with E-state index in [1.807, 2.05) is 53.7 Å². The van der Waals surface area contributed by atoms with Crippen LogP contribution in [-0.4, -0.2) is 47.3 Å². The molecule has 0 spiro atoms. The van der Waals surface area contributed by atoms with E-state index in [1.165, 1.54) is 18.2 Å². The first-order valence-electron chi connectivity index (χ1n) is 10.6. The largest absolute Gasteiger partial charge is 0.452 e. The van der Waals surface area contributed by atoms with Crippen LogP contribution in [0.3, 0.4) is 0 Å². The Morgan fingerprint density at radius 1 is 0.906 bits per heavy atom. The molecule has 1 aliphatic heterocycles. The minimum atomic E-state index is -0.723. The average Bonchev–Trinajstić information content (AvgIpc) is 2.97. The van der Waals surface area contributed by atoms with Crippen molar-refractivity contribution >= 4 is 29.4 Å². The van der Waals surface area contributed by atoms with Gasteiger partial charge in [0.2, 0.25) is 0 Å². The normalized spacial score (nSPS) is 13.1. The predicted molar refractivity (Wildman–Crippen MR) is 121 cm³/mol. The number of hydrogen-bond acceptors (Lipinski definition) is 5. The van der Waals surface area contributed by atoms with Gasteiger partial charge in [-0.15, -0.1) is 0 Å². The molecule has 7 nitrogen and oxygen atoms in total. The number of esters is 1. The number of nitrogens with zero attached hydrogens (tertiary/aromatic N) is 2. The molecule has 7 heteroatoms. The Morgan fingerprint density at radius 2 is 1.53 bits per heavy atom. The second-order valence-electron chi connectivity index (χ2n) is 8.56. The van der Waals surface area contributed by atoms with Crippen LogP contribution in [0.2, 0.25) is 0 Å².